The van der Waals surface area contributed by atoms with Gasteiger partial charge in [0.1, 0.15) is 5.82 Å². The van der Waals surface area contributed by atoms with Crippen molar-refractivity contribution in [1.82, 2.24) is 10.3 Å². The van der Waals surface area contributed by atoms with Crippen LogP contribution >= 0.6 is 0 Å². The lowest BCUT2D eigenvalue weighted by Crippen LogP contribution is -2.43. The van der Waals surface area contributed by atoms with Crippen LogP contribution in [0.2, 0.25) is 0 Å². The normalized spacial score (nSPS) is 13.1. The fraction of sp³-hybridized carbons (Fsp3) is 0.588. The molecule has 3 nitrogen and oxygen atoms in total. The van der Waals surface area contributed by atoms with E-state index in [1.165, 1.54) is 5.56 Å². The summed E-state index contributed by atoms with van der Waals surface area (Å²) in [6.45, 7) is 16.7. The van der Waals surface area contributed by atoms with Gasteiger partial charge in [-0.3, -0.25) is 0 Å². The summed E-state index contributed by atoms with van der Waals surface area (Å²) in [5, 5.41) is 3.54. The second-order valence-electron chi connectivity index (χ2n) is 6.16. The van der Waals surface area contributed by atoms with E-state index in [4.69, 9.17) is 0 Å². The van der Waals surface area contributed by atoms with E-state index in [0.717, 1.165) is 25.3 Å². The van der Waals surface area contributed by atoms with Gasteiger partial charge >= 0.3 is 0 Å². The Morgan fingerprint density at radius 1 is 1.45 bits per heavy atom. The van der Waals surface area contributed by atoms with Gasteiger partial charge in [0, 0.05) is 29.9 Å². The number of pyridine rings is 1. The summed E-state index contributed by atoms with van der Waals surface area (Å²) in [7, 11) is 0. The SMILES string of the molecule is C=CCN(c1ncccc1C(C)NCCC)C(C)(C)C. The van der Waals surface area contributed by atoms with Crippen molar-refractivity contribution in [2.75, 3.05) is 18.0 Å². The Balaban J connectivity index is 3.12. The fourth-order valence-electron chi connectivity index (χ4n) is 2.25. The molecule has 0 aliphatic heterocycles. The highest BCUT2D eigenvalue weighted by molar-refractivity contribution is 5.50. The van der Waals surface area contributed by atoms with E-state index in [1.807, 2.05) is 18.3 Å². The zero-order valence-electron chi connectivity index (χ0n) is 13.6. The summed E-state index contributed by atoms with van der Waals surface area (Å²) < 4.78 is 0. The highest BCUT2D eigenvalue weighted by atomic mass is 15.2. The number of hydrogen-bond acceptors (Lipinski definition) is 3. The van der Waals surface area contributed by atoms with Crippen LogP contribution in [0.5, 0.6) is 0 Å². The number of rotatable bonds is 7. The Hall–Kier alpha value is -1.35. The lowest BCUT2D eigenvalue weighted by atomic mass is 10.0. The molecule has 0 aromatic carbocycles. The molecule has 1 atom stereocenters. The molecule has 0 saturated carbocycles. The first kappa shape index (κ1) is 16.7. The van der Waals surface area contributed by atoms with Crippen LogP contribution in [0.15, 0.2) is 31.0 Å². The predicted molar refractivity (Wildman–Crippen MR) is 88.2 cm³/mol. The first-order valence-corrected chi connectivity index (χ1v) is 7.48. The number of nitrogens with one attached hydrogen (secondary N) is 1. The van der Waals surface area contributed by atoms with Gasteiger partial charge in [-0.25, -0.2) is 4.98 Å². The molecule has 0 amide bonds. The number of anilines is 1. The van der Waals surface area contributed by atoms with Crippen molar-refractivity contribution in [3.05, 3.63) is 36.5 Å². The van der Waals surface area contributed by atoms with Gasteiger partial charge < -0.3 is 10.2 Å². The smallest absolute Gasteiger partial charge is 0.134 e. The third kappa shape index (κ3) is 4.34. The summed E-state index contributed by atoms with van der Waals surface area (Å²) >= 11 is 0. The molecule has 0 spiro atoms. The number of hydrogen-bond donors (Lipinski definition) is 1. The van der Waals surface area contributed by atoms with Gasteiger partial charge in [-0.1, -0.05) is 19.1 Å². The van der Waals surface area contributed by atoms with Gasteiger partial charge in [0.15, 0.2) is 0 Å². The number of nitrogens with zero attached hydrogens (tertiary/aromatic N) is 2. The molecule has 1 heterocycles. The molecule has 1 rings (SSSR count). The zero-order chi connectivity index (χ0) is 15.2. The maximum atomic E-state index is 4.63. The van der Waals surface area contributed by atoms with Gasteiger partial charge in [0.05, 0.1) is 0 Å². The Morgan fingerprint density at radius 2 is 2.15 bits per heavy atom. The molecule has 1 aromatic heterocycles. The zero-order valence-corrected chi connectivity index (χ0v) is 13.6. The first-order chi connectivity index (χ1) is 9.41. The molecule has 0 aliphatic rings. The summed E-state index contributed by atoms with van der Waals surface area (Å²) in [6, 6.07) is 4.48. The fourth-order valence-corrected chi connectivity index (χ4v) is 2.25. The minimum atomic E-state index is 0.0156. The summed E-state index contributed by atoms with van der Waals surface area (Å²) in [5.74, 6) is 1.05. The van der Waals surface area contributed by atoms with Crippen LogP contribution < -0.4 is 10.2 Å². The van der Waals surface area contributed by atoms with Crippen LogP contribution in [0.25, 0.3) is 0 Å². The van der Waals surface area contributed by atoms with Gasteiger partial charge in [-0.15, -0.1) is 6.58 Å². The van der Waals surface area contributed by atoms with Gasteiger partial charge in [0.2, 0.25) is 0 Å². The van der Waals surface area contributed by atoms with Crippen LogP contribution in [-0.2, 0) is 0 Å². The average molecular weight is 275 g/mol. The summed E-state index contributed by atoms with van der Waals surface area (Å²) in [4.78, 5) is 6.94. The van der Waals surface area contributed by atoms with Crippen LogP contribution in [0.1, 0.15) is 52.6 Å². The molecule has 0 bridgehead atoms. The quantitative estimate of drug-likeness (QED) is 0.764. The van der Waals surface area contributed by atoms with Crippen LogP contribution in [-0.4, -0.2) is 23.6 Å². The van der Waals surface area contributed by atoms with Crippen molar-refractivity contribution in [3.63, 3.8) is 0 Å². The van der Waals surface area contributed by atoms with E-state index < -0.39 is 0 Å². The van der Waals surface area contributed by atoms with E-state index in [-0.39, 0.29) is 5.54 Å². The topological polar surface area (TPSA) is 28.2 Å². The molecule has 3 heteroatoms. The largest absolute Gasteiger partial charge is 0.348 e. The van der Waals surface area contributed by atoms with E-state index in [2.05, 4.69) is 62.5 Å². The molecule has 20 heavy (non-hydrogen) atoms. The van der Waals surface area contributed by atoms with E-state index in [9.17, 15) is 0 Å². The lowest BCUT2D eigenvalue weighted by Gasteiger charge is -2.38. The first-order valence-electron chi connectivity index (χ1n) is 7.48. The summed E-state index contributed by atoms with van der Waals surface area (Å²) in [6.07, 6.45) is 4.94. The van der Waals surface area contributed by atoms with Crippen LogP contribution in [0.3, 0.4) is 0 Å². The van der Waals surface area contributed by atoms with Crippen molar-refractivity contribution in [3.8, 4) is 0 Å². The van der Waals surface area contributed by atoms with Gasteiger partial charge in [0.25, 0.3) is 0 Å². The minimum absolute atomic E-state index is 0.0156. The molecule has 1 aromatic rings. The number of aromatic nitrogens is 1. The molecule has 0 fully saturated rings. The van der Waals surface area contributed by atoms with Gasteiger partial charge in [-0.2, -0.15) is 0 Å². The third-order valence-electron chi connectivity index (χ3n) is 3.36. The van der Waals surface area contributed by atoms with Crippen LogP contribution in [0.4, 0.5) is 5.82 Å². The average Bonchev–Trinajstić information content (AvgIpc) is 2.41. The van der Waals surface area contributed by atoms with Crippen molar-refractivity contribution in [2.45, 2.75) is 52.6 Å². The van der Waals surface area contributed by atoms with Gasteiger partial charge in [-0.05, 0) is 46.7 Å². The molecule has 0 saturated heterocycles. The standard InChI is InChI=1S/C17H29N3/c1-7-11-18-14(3)15-10-9-12-19-16(15)20(13-8-2)17(4,5)6/h8-10,12,14,18H,2,7,11,13H2,1,3-6H3. The van der Waals surface area contributed by atoms with E-state index >= 15 is 0 Å². The second kappa shape index (κ2) is 7.44. The molecule has 0 aliphatic carbocycles. The second-order valence-corrected chi connectivity index (χ2v) is 6.16. The molecule has 112 valence electrons. The van der Waals surface area contributed by atoms with Crippen molar-refractivity contribution < 1.29 is 0 Å². The Labute approximate surface area is 124 Å². The highest BCUT2D eigenvalue weighted by Crippen LogP contribution is 2.29. The monoisotopic (exact) mass is 275 g/mol. The maximum Gasteiger partial charge on any atom is 0.134 e. The Bertz CT molecular complexity index is 420. The Morgan fingerprint density at radius 3 is 2.70 bits per heavy atom. The maximum absolute atomic E-state index is 4.63. The van der Waals surface area contributed by atoms with E-state index in [0.29, 0.717) is 6.04 Å². The van der Waals surface area contributed by atoms with E-state index in [1.54, 1.807) is 0 Å². The van der Waals surface area contributed by atoms with Crippen molar-refractivity contribution in [2.24, 2.45) is 0 Å². The molecule has 0 radical (unpaired) electrons. The predicted octanol–water partition coefficient (Wildman–Crippen LogP) is 3.93. The Kier molecular flexibility index (Phi) is 6.21. The van der Waals surface area contributed by atoms with Crippen LogP contribution in [0, 0.1) is 0 Å². The molecular formula is C17H29N3. The molecular weight excluding hydrogens is 246 g/mol. The van der Waals surface area contributed by atoms with Crippen molar-refractivity contribution >= 4 is 5.82 Å². The minimum Gasteiger partial charge on any atom is -0.348 e. The highest BCUT2D eigenvalue weighted by Gasteiger charge is 2.25. The molecule has 1 N–H and O–H groups in total. The van der Waals surface area contributed by atoms with Crippen molar-refractivity contribution in [1.29, 1.82) is 0 Å². The summed E-state index contributed by atoms with van der Waals surface area (Å²) in [5.41, 5.74) is 1.26. The lowest BCUT2D eigenvalue weighted by molar-refractivity contribution is 0.507. The third-order valence-corrected chi connectivity index (χ3v) is 3.36. The molecule has 1 unspecified atom stereocenters.